The highest BCUT2D eigenvalue weighted by Gasteiger charge is 2.06. The minimum atomic E-state index is -0.191. The van der Waals surface area contributed by atoms with Crippen LogP contribution in [0.3, 0.4) is 0 Å². The van der Waals surface area contributed by atoms with E-state index >= 15 is 0 Å². The van der Waals surface area contributed by atoms with Crippen LogP contribution in [0.5, 0.6) is 0 Å². The third-order valence-electron chi connectivity index (χ3n) is 3.70. The number of nitrogens with zero attached hydrogens (tertiary/aromatic N) is 2. The molecule has 5 nitrogen and oxygen atoms in total. The summed E-state index contributed by atoms with van der Waals surface area (Å²) in [6.45, 7) is 0. The standard InChI is InChI=1S/C19H12ClN3O2S/c20-14-6-7-17-15(8-14)18(24)13(10-25-17)9-21-23-19-22-16(11-26-19)12-4-2-1-3-5-12/h1-11H,(H,22,23). The maximum Gasteiger partial charge on any atom is 0.203 e. The molecule has 1 N–H and O–H groups in total. The van der Waals surface area contributed by atoms with Gasteiger partial charge in [0.15, 0.2) is 0 Å². The number of hydrogen-bond acceptors (Lipinski definition) is 6. The summed E-state index contributed by atoms with van der Waals surface area (Å²) in [7, 11) is 0. The smallest absolute Gasteiger partial charge is 0.203 e. The first-order valence-corrected chi connectivity index (χ1v) is 8.97. The average molecular weight is 382 g/mol. The van der Waals surface area contributed by atoms with E-state index in [1.54, 1.807) is 18.2 Å². The van der Waals surface area contributed by atoms with Gasteiger partial charge in [0.1, 0.15) is 11.8 Å². The summed E-state index contributed by atoms with van der Waals surface area (Å²) in [5, 5.41) is 7.56. The molecule has 26 heavy (non-hydrogen) atoms. The topological polar surface area (TPSA) is 67.5 Å². The quantitative estimate of drug-likeness (QED) is 0.398. The Bertz CT molecular complexity index is 1150. The molecule has 0 aliphatic carbocycles. The van der Waals surface area contributed by atoms with Gasteiger partial charge in [-0.1, -0.05) is 41.9 Å². The van der Waals surface area contributed by atoms with E-state index in [1.807, 2.05) is 35.7 Å². The van der Waals surface area contributed by atoms with Crippen LogP contribution >= 0.6 is 22.9 Å². The zero-order valence-electron chi connectivity index (χ0n) is 13.3. The largest absolute Gasteiger partial charge is 0.463 e. The number of hydrogen-bond donors (Lipinski definition) is 1. The molecule has 0 saturated heterocycles. The van der Waals surface area contributed by atoms with Crippen molar-refractivity contribution in [2.75, 3.05) is 5.43 Å². The lowest BCUT2D eigenvalue weighted by Gasteiger charge is -1.99. The van der Waals surface area contributed by atoms with Gasteiger partial charge in [0.2, 0.25) is 10.6 Å². The zero-order valence-corrected chi connectivity index (χ0v) is 14.9. The fraction of sp³-hybridized carbons (Fsp3) is 0. The molecule has 4 aromatic rings. The van der Waals surface area contributed by atoms with Crippen molar-refractivity contribution in [1.29, 1.82) is 0 Å². The first-order chi connectivity index (χ1) is 12.7. The predicted molar refractivity (Wildman–Crippen MR) is 106 cm³/mol. The molecule has 0 amide bonds. The SMILES string of the molecule is O=c1c(C=NNc2nc(-c3ccccc3)cs2)coc2ccc(Cl)cc12. The second kappa shape index (κ2) is 7.11. The van der Waals surface area contributed by atoms with Crippen molar-refractivity contribution >= 4 is 45.3 Å². The summed E-state index contributed by atoms with van der Waals surface area (Å²) >= 11 is 7.38. The Balaban J connectivity index is 1.54. The van der Waals surface area contributed by atoms with Crippen LogP contribution in [0.4, 0.5) is 5.13 Å². The number of anilines is 1. The number of halogens is 1. The maximum absolute atomic E-state index is 12.5. The summed E-state index contributed by atoms with van der Waals surface area (Å²) in [6.07, 6.45) is 2.79. The van der Waals surface area contributed by atoms with E-state index < -0.39 is 0 Å². The van der Waals surface area contributed by atoms with Crippen molar-refractivity contribution in [1.82, 2.24) is 4.98 Å². The molecule has 4 rings (SSSR count). The van der Waals surface area contributed by atoms with Gasteiger partial charge in [-0.3, -0.25) is 10.2 Å². The molecule has 2 aromatic carbocycles. The Morgan fingerprint density at radius 1 is 1.19 bits per heavy atom. The highest BCUT2D eigenvalue weighted by atomic mass is 35.5. The van der Waals surface area contributed by atoms with Gasteiger partial charge >= 0.3 is 0 Å². The minimum absolute atomic E-state index is 0.191. The number of thiazole rings is 1. The van der Waals surface area contributed by atoms with Gasteiger partial charge in [0, 0.05) is 16.0 Å². The lowest BCUT2D eigenvalue weighted by molar-refractivity contribution is 0.601. The molecule has 7 heteroatoms. The highest BCUT2D eigenvalue weighted by molar-refractivity contribution is 7.14. The Hall–Kier alpha value is -2.96. The summed E-state index contributed by atoms with van der Waals surface area (Å²) in [5.41, 5.74) is 5.36. The molecule has 0 radical (unpaired) electrons. The van der Waals surface area contributed by atoms with Gasteiger partial charge in [-0.2, -0.15) is 5.10 Å². The van der Waals surface area contributed by atoms with Crippen LogP contribution in [0.15, 0.2) is 74.5 Å². The van der Waals surface area contributed by atoms with E-state index in [1.165, 1.54) is 23.8 Å². The number of rotatable bonds is 4. The van der Waals surface area contributed by atoms with Gasteiger partial charge in [0.05, 0.1) is 22.9 Å². The molecule has 0 saturated carbocycles. The first kappa shape index (κ1) is 16.5. The van der Waals surface area contributed by atoms with Gasteiger partial charge in [-0.05, 0) is 18.2 Å². The van der Waals surface area contributed by atoms with Crippen molar-refractivity contribution in [3.8, 4) is 11.3 Å². The molecule has 0 bridgehead atoms. The van der Waals surface area contributed by atoms with Crippen LogP contribution in [-0.4, -0.2) is 11.2 Å². The van der Waals surface area contributed by atoms with Crippen molar-refractivity contribution in [2.45, 2.75) is 0 Å². The van der Waals surface area contributed by atoms with Crippen LogP contribution in [-0.2, 0) is 0 Å². The zero-order chi connectivity index (χ0) is 17.9. The van der Waals surface area contributed by atoms with Crippen LogP contribution < -0.4 is 10.9 Å². The Labute approximate surface area is 157 Å². The molecule has 2 heterocycles. The monoisotopic (exact) mass is 381 g/mol. The van der Waals surface area contributed by atoms with E-state index in [0.717, 1.165) is 11.3 Å². The number of fused-ring (bicyclic) bond motifs is 1. The maximum atomic E-state index is 12.5. The average Bonchev–Trinajstić information content (AvgIpc) is 3.14. The Morgan fingerprint density at radius 2 is 2.04 bits per heavy atom. The molecule has 2 aromatic heterocycles. The molecule has 128 valence electrons. The Kier molecular flexibility index (Phi) is 4.51. The summed E-state index contributed by atoms with van der Waals surface area (Å²) in [6, 6.07) is 14.8. The number of hydrazone groups is 1. The van der Waals surface area contributed by atoms with Gasteiger partial charge in [-0.15, -0.1) is 11.3 Å². The summed E-state index contributed by atoms with van der Waals surface area (Å²) in [5.74, 6) is 0. The van der Waals surface area contributed by atoms with Crippen LogP contribution in [0.1, 0.15) is 5.56 Å². The summed E-state index contributed by atoms with van der Waals surface area (Å²) < 4.78 is 5.45. The highest BCUT2D eigenvalue weighted by Crippen LogP contribution is 2.24. The van der Waals surface area contributed by atoms with Gasteiger partial charge in [0.25, 0.3) is 0 Å². The van der Waals surface area contributed by atoms with Crippen molar-refractivity contribution in [2.24, 2.45) is 5.10 Å². The lowest BCUT2D eigenvalue weighted by Crippen LogP contribution is -2.08. The lowest BCUT2D eigenvalue weighted by atomic mass is 10.2. The molecule has 0 unspecified atom stereocenters. The fourth-order valence-corrected chi connectivity index (χ4v) is 3.27. The Morgan fingerprint density at radius 3 is 2.88 bits per heavy atom. The van der Waals surface area contributed by atoms with Crippen LogP contribution in [0, 0.1) is 0 Å². The molecular formula is C19H12ClN3O2S. The first-order valence-electron chi connectivity index (χ1n) is 7.72. The van der Waals surface area contributed by atoms with Crippen molar-refractivity contribution in [3.05, 3.63) is 81.0 Å². The molecular weight excluding hydrogens is 370 g/mol. The van der Waals surface area contributed by atoms with E-state index in [0.29, 0.717) is 26.7 Å². The number of nitrogens with one attached hydrogen (secondary N) is 1. The van der Waals surface area contributed by atoms with E-state index in [4.69, 9.17) is 16.0 Å². The molecule has 0 atom stereocenters. The molecule has 0 spiro atoms. The van der Waals surface area contributed by atoms with Crippen LogP contribution in [0.2, 0.25) is 5.02 Å². The van der Waals surface area contributed by atoms with Crippen LogP contribution in [0.25, 0.3) is 22.2 Å². The third kappa shape index (κ3) is 3.37. The van der Waals surface area contributed by atoms with E-state index in [9.17, 15) is 4.79 Å². The summed E-state index contributed by atoms with van der Waals surface area (Å²) in [4.78, 5) is 16.9. The van der Waals surface area contributed by atoms with Crippen molar-refractivity contribution in [3.63, 3.8) is 0 Å². The van der Waals surface area contributed by atoms with Crippen molar-refractivity contribution < 1.29 is 4.42 Å². The molecule has 0 aliphatic heterocycles. The number of aromatic nitrogens is 1. The second-order valence-electron chi connectivity index (χ2n) is 5.43. The second-order valence-corrected chi connectivity index (χ2v) is 6.73. The normalized spacial score (nSPS) is 11.3. The van der Waals surface area contributed by atoms with Gasteiger partial charge < -0.3 is 4.42 Å². The molecule has 0 fully saturated rings. The van der Waals surface area contributed by atoms with Gasteiger partial charge in [-0.25, -0.2) is 4.98 Å². The van der Waals surface area contributed by atoms with E-state index in [2.05, 4.69) is 15.5 Å². The number of benzene rings is 2. The molecule has 0 aliphatic rings. The predicted octanol–water partition coefficient (Wildman–Crippen LogP) is 5.02. The third-order valence-corrected chi connectivity index (χ3v) is 4.68. The minimum Gasteiger partial charge on any atom is -0.463 e. The van der Waals surface area contributed by atoms with E-state index in [-0.39, 0.29) is 5.43 Å². The fourth-order valence-electron chi connectivity index (χ4n) is 2.43.